The van der Waals surface area contributed by atoms with Gasteiger partial charge in [-0.2, -0.15) is 0 Å². The third-order valence-corrected chi connectivity index (χ3v) is 5.30. The Morgan fingerprint density at radius 3 is 2.33 bits per heavy atom. The van der Waals surface area contributed by atoms with Crippen molar-refractivity contribution in [3.05, 3.63) is 99.6 Å². The molecule has 0 radical (unpaired) electrons. The van der Waals surface area contributed by atoms with Gasteiger partial charge in [0, 0.05) is 10.6 Å². The number of hydrogen-bond acceptors (Lipinski definition) is 4. The highest BCUT2D eigenvalue weighted by molar-refractivity contribution is 6.39. The average Bonchev–Trinajstić information content (AvgIpc) is 2.76. The van der Waals surface area contributed by atoms with E-state index in [9.17, 15) is 14.4 Å². The van der Waals surface area contributed by atoms with E-state index in [4.69, 9.17) is 16.3 Å². The Labute approximate surface area is 196 Å². The van der Waals surface area contributed by atoms with Gasteiger partial charge in [-0.3, -0.25) is 14.9 Å². The first kappa shape index (κ1) is 22.3. The molecular weight excluding hydrogens is 440 g/mol. The number of hydrogen-bond donors (Lipinski definition) is 1. The van der Waals surface area contributed by atoms with Crippen molar-refractivity contribution in [3.63, 3.8) is 0 Å². The number of imide groups is 2. The normalized spacial score (nSPS) is 15.1. The second-order valence-electron chi connectivity index (χ2n) is 7.76. The van der Waals surface area contributed by atoms with Gasteiger partial charge in [-0.05, 0) is 55.8 Å². The highest BCUT2D eigenvalue weighted by Gasteiger charge is 2.36. The van der Waals surface area contributed by atoms with Crippen LogP contribution in [0.15, 0.2) is 72.3 Å². The number of nitrogens with zero attached hydrogens (tertiary/aromatic N) is 1. The lowest BCUT2D eigenvalue weighted by Gasteiger charge is -2.26. The fourth-order valence-electron chi connectivity index (χ4n) is 3.70. The molecule has 1 heterocycles. The predicted octanol–water partition coefficient (Wildman–Crippen LogP) is 5.20. The minimum absolute atomic E-state index is 0.197. The van der Waals surface area contributed by atoms with Gasteiger partial charge >= 0.3 is 6.03 Å². The summed E-state index contributed by atoms with van der Waals surface area (Å²) in [6.07, 6.45) is 1.39. The van der Waals surface area contributed by atoms with E-state index in [1.807, 2.05) is 26.0 Å². The van der Waals surface area contributed by atoms with E-state index < -0.39 is 17.8 Å². The standard InChI is InChI=1S/C26H21ClN2O4/c1-16-10-17(2)12-18(11-16)15-33-23-9-8-20(27)13-19(23)14-22-24(30)28-26(32)29(25(22)31)21-6-4-3-5-7-21/h3-14H,15H2,1-2H3,(H,28,30,32)/b22-14+. The molecule has 4 rings (SSSR count). The van der Waals surface area contributed by atoms with Crippen molar-refractivity contribution in [2.75, 3.05) is 4.90 Å². The first-order valence-corrected chi connectivity index (χ1v) is 10.7. The molecule has 33 heavy (non-hydrogen) atoms. The highest BCUT2D eigenvalue weighted by atomic mass is 35.5. The topological polar surface area (TPSA) is 75.7 Å². The molecule has 6 nitrogen and oxygen atoms in total. The molecule has 0 saturated carbocycles. The molecule has 0 bridgehead atoms. The molecule has 3 aromatic rings. The van der Waals surface area contributed by atoms with Crippen LogP contribution in [0.5, 0.6) is 5.75 Å². The lowest BCUT2D eigenvalue weighted by atomic mass is 10.1. The summed E-state index contributed by atoms with van der Waals surface area (Å²) in [7, 11) is 0. The Kier molecular flexibility index (Phi) is 6.29. The van der Waals surface area contributed by atoms with Gasteiger partial charge in [0.1, 0.15) is 17.9 Å². The molecule has 1 aliphatic heterocycles. The first-order chi connectivity index (χ1) is 15.8. The molecule has 1 saturated heterocycles. The number of ether oxygens (including phenoxy) is 1. The van der Waals surface area contributed by atoms with Gasteiger partial charge in [-0.25, -0.2) is 9.69 Å². The average molecular weight is 461 g/mol. The van der Waals surface area contributed by atoms with Crippen LogP contribution in [0.2, 0.25) is 5.02 Å². The Morgan fingerprint density at radius 2 is 1.64 bits per heavy atom. The van der Waals surface area contributed by atoms with Crippen LogP contribution in [0.1, 0.15) is 22.3 Å². The van der Waals surface area contributed by atoms with E-state index in [1.54, 1.807) is 48.5 Å². The smallest absolute Gasteiger partial charge is 0.335 e. The molecule has 0 atom stereocenters. The number of halogens is 1. The van der Waals surface area contributed by atoms with Gasteiger partial charge in [-0.15, -0.1) is 0 Å². The van der Waals surface area contributed by atoms with Crippen LogP contribution < -0.4 is 15.0 Å². The van der Waals surface area contributed by atoms with Crippen molar-refractivity contribution in [2.45, 2.75) is 20.5 Å². The first-order valence-electron chi connectivity index (χ1n) is 10.3. The Bertz CT molecular complexity index is 1260. The molecular formula is C26H21ClN2O4. The van der Waals surface area contributed by atoms with Gasteiger partial charge in [-0.1, -0.05) is 59.1 Å². The van der Waals surface area contributed by atoms with Gasteiger partial charge in [0.15, 0.2) is 0 Å². The summed E-state index contributed by atoms with van der Waals surface area (Å²) in [5, 5.41) is 2.64. The summed E-state index contributed by atoms with van der Waals surface area (Å²) >= 11 is 6.18. The number of para-hydroxylation sites is 1. The zero-order valence-electron chi connectivity index (χ0n) is 18.1. The van der Waals surface area contributed by atoms with E-state index in [0.29, 0.717) is 28.6 Å². The minimum Gasteiger partial charge on any atom is -0.488 e. The van der Waals surface area contributed by atoms with Crippen molar-refractivity contribution < 1.29 is 19.1 Å². The number of benzene rings is 3. The number of carbonyl (C=O) groups excluding carboxylic acids is 3. The minimum atomic E-state index is -0.800. The maximum Gasteiger partial charge on any atom is 0.335 e. The van der Waals surface area contributed by atoms with Crippen LogP contribution in [0.3, 0.4) is 0 Å². The van der Waals surface area contributed by atoms with Crippen LogP contribution in [0.4, 0.5) is 10.5 Å². The summed E-state index contributed by atoms with van der Waals surface area (Å²) in [6, 6.07) is 18.7. The van der Waals surface area contributed by atoms with Crippen molar-refractivity contribution in [3.8, 4) is 5.75 Å². The number of anilines is 1. The molecule has 1 N–H and O–H groups in total. The number of barbiturate groups is 1. The zero-order valence-corrected chi connectivity index (χ0v) is 18.8. The van der Waals surface area contributed by atoms with Gasteiger partial charge in [0.05, 0.1) is 5.69 Å². The second kappa shape index (κ2) is 9.30. The Balaban J connectivity index is 1.67. The van der Waals surface area contributed by atoms with Crippen LogP contribution in [-0.4, -0.2) is 17.8 Å². The molecule has 0 aliphatic carbocycles. The molecule has 1 fully saturated rings. The van der Waals surface area contributed by atoms with Crippen LogP contribution >= 0.6 is 11.6 Å². The van der Waals surface area contributed by atoms with E-state index in [-0.39, 0.29) is 5.57 Å². The lowest BCUT2D eigenvalue weighted by Crippen LogP contribution is -2.54. The fourth-order valence-corrected chi connectivity index (χ4v) is 3.88. The third kappa shape index (κ3) is 4.96. The number of urea groups is 1. The summed E-state index contributed by atoms with van der Waals surface area (Å²) in [5.74, 6) is -1.05. The summed E-state index contributed by atoms with van der Waals surface area (Å²) in [4.78, 5) is 38.9. The number of amides is 4. The quantitative estimate of drug-likeness (QED) is 0.419. The summed E-state index contributed by atoms with van der Waals surface area (Å²) < 4.78 is 6.01. The molecule has 0 spiro atoms. The molecule has 166 valence electrons. The van der Waals surface area contributed by atoms with E-state index in [0.717, 1.165) is 21.6 Å². The highest BCUT2D eigenvalue weighted by Crippen LogP contribution is 2.28. The molecule has 1 aliphatic rings. The molecule has 0 unspecified atom stereocenters. The number of rotatable bonds is 5. The third-order valence-electron chi connectivity index (χ3n) is 5.06. The van der Waals surface area contributed by atoms with Crippen molar-refractivity contribution in [1.29, 1.82) is 0 Å². The summed E-state index contributed by atoms with van der Waals surface area (Å²) in [5.41, 5.74) is 3.86. The number of carbonyl (C=O) groups is 3. The van der Waals surface area contributed by atoms with Gasteiger partial charge in [0.2, 0.25) is 0 Å². The number of nitrogens with one attached hydrogen (secondary N) is 1. The lowest BCUT2D eigenvalue weighted by molar-refractivity contribution is -0.122. The maximum absolute atomic E-state index is 13.1. The Hall–Kier alpha value is -3.90. The summed E-state index contributed by atoms with van der Waals surface area (Å²) in [6.45, 7) is 4.33. The van der Waals surface area contributed by atoms with Crippen LogP contribution in [0.25, 0.3) is 6.08 Å². The van der Waals surface area contributed by atoms with E-state index >= 15 is 0 Å². The van der Waals surface area contributed by atoms with Crippen LogP contribution in [-0.2, 0) is 16.2 Å². The molecule has 3 aromatic carbocycles. The van der Waals surface area contributed by atoms with E-state index in [1.165, 1.54) is 6.08 Å². The van der Waals surface area contributed by atoms with Crippen LogP contribution in [0, 0.1) is 13.8 Å². The second-order valence-corrected chi connectivity index (χ2v) is 8.20. The Morgan fingerprint density at radius 1 is 0.939 bits per heavy atom. The number of aryl methyl sites for hydroxylation is 2. The van der Waals surface area contributed by atoms with Crippen molar-refractivity contribution in [1.82, 2.24) is 5.32 Å². The van der Waals surface area contributed by atoms with E-state index in [2.05, 4.69) is 11.4 Å². The van der Waals surface area contributed by atoms with Crippen molar-refractivity contribution in [2.24, 2.45) is 0 Å². The molecule has 7 heteroatoms. The van der Waals surface area contributed by atoms with Gasteiger partial charge < -0.3 is 4.74 Å². The SMILES string of the molecule is Cc1cc(C)cc(COc2ccc(Cl)cc2/C=C2\C(=O)NC(=O)N(c3ccccc3)C2=O)c1. The maximum atomic E-state index is 13.1. The fraction of sp³-hybridized carbons (Fsp3) is 0.115. The van der Waals surface area contributed by atoms with Gasteiger partial charge in [0.25, 0.3) is 11.8 Å². The monoisotopic (exact) mass is 460 g/mol. The molecule has 0 aromatic heterocycles. The largest absolute Gasteiger partial charge is 0.488 e. The van der Waals surface area contributed by atoms with Crippen molar-refractivity contribution >= 4 is 41.2 Å². The zero-order chi connectivity index (χ0) is 23.5. The predicted molar refractivity (Wildman–Crippen MR) is 127 cm³/mol. The molecule has 4 amide bonds.